The van der Waals surface area contributed by atoms with Gasteiger partial charge in [-0.15, -0.1) is 0 Å². The second-order valence-corrected chi connectivity index (χ2v) is 7.07. The average Bonchev–Trinajstić information content (AvgIpc) is 2.31. The van der Waals surface area contributed by atoms with E-state index in [9.17, 15) is 0 Å². The minimum absolute atomic E-state index is 0.301. The predicted molar refractivity (Wildman–Crippen MR) is 81.7 cm³/mol. The molecule has 2 nitrogen and oxygen atoms in total. The maximum atomic E-state index is 5.85. The van der Waals surface area contributed by atoms with Crippen molar-refractivity contribution >= 4 is 0 Å². The fourth-order valence-electron chi connectivity index (χ4n) is 3.45. The van der Waals surface area contributed by atoms with Crippen LogP contribution in [-0.2, 0) is 0 Å². The maximum absolute atomic E-state index is 5.85. The molecule has 0 heterocycles. The van der Waals surface area contributed by atoms with Crippen LogP contribution < -0.4 is 11.3 Å². The molecule has 19 heavy (non-hydrogen) atoms. The lowest BCUT2D eigenvalue weighted by Crippen LogP contribution is -2.36. The van der Waals surface area contributed by atoms with Gasteiger partial charge in [-0.3, -0.25) is 11.3 Å². The Morgan fingerprint density at radius 3 is 2.11 bits per heavy atom. The first-order chi connectivity index (χ1) is 8.91. The molecule has 3 N–H and O–H groups in total. The summed E-state index contributed by atoms with van der Waals surface area (Å²) in [5, 5.41) is 0. The topological polar surface area (TPSA) is 38.0 Å². The minimum atomic E-state index is 0.301. The highest BCUT2D eigenvalue weighted by Crippen LogP contribution is 2.42. The second kappa shape index (κ2) is 5.64. The van der Waals surface area contributed by atoms with E-state index in [2.05, 4.69) is 51.3 Å². The smallest absolute Gasteiger partial charge is 0.0488 e. The van der Waals surface area contributed by atoms with Gasteiger partial charge >= 0.3 is 0 Å². The van der Waals surface area contributed by atoms with E-state index in [0.717, 1.165) is 0 Å². The summed E-state index contributed by atoms with van der Waals surface area (Å²) in [5.74, 6) is 6.52. The number of hydrogen-bond acceptors (Lipinski definition) is 2. The first-order valence-electron chi connectivity index (χ1n) is 7.46. The number of rotatable bonds is 3. The lowest BCUT2D eigenvalue weighted by molar-refractivity contribution is 0.161. The standard InChI is InChI=1S/C17H28N2/c1-12-9-13(2)11-15(10-12)16(19-18)14-5-7-17(3,4)8-6-14/h9-11,14,16,19H,5-8,18H2,1-4H3. The Labute approximate surface area is 117 Å². The Balaban J connectivity index is 2.16. The van der Waals surface area contributed by atoms with Crippen LogP contribution in [0.15, 0.2) is 18.2 Å². The van der Waals surface area contributed by atoms with Crippen LogP contribution in [0.2, 0.25) is 0 Å². The van der Waals surface area contributed by atoms with Crippen molar-refractivity contribution < 1.29 is 0 Å². The van der Waals surface area contributed by atoms with Crippen LogP contribution in [0.3, 0.4) is 0 Å². The van der Waals surface area contributed by atoms with Gasteiger partial charge in [0.2, 0.25) is 0 Å². The van der Waals surface area contributed by atoms with Gasteiger partial charge in [0.1, 0.15) is 0 Å². The van der Waals surface area contributed by atoms with Gasteiger partial charge in [0.25, 0.3) is 0 Å². The Morgan fingerprint density at radius 2 is 1.63 bits per heavy atom. The molecule has 0 amide bonds. The van der Waals surface area contributed by atoms with Gasteiger partial charge in [0.05, 0.1) is 0 Å². The second-order valence-electron chi connectivity index (χ2n) is 7.07. The third-order valence-electron chi connectivity index (χ3n) is 4.64. The first-order valence-corrected chi connectivity index (χ1v) is 7.46. The van der Waals surface area contributed by atoms with E-state index in [4.69, 9.17) is 5.84 Å². The molecule has 1 aromatic rings. The Morgan fingerprint density at radius 1 is 1.11 bits per heavy atom. The van der Waals surface area contributed by atoms with Crippen molar-refractivity contribution in [2.24, 2.45) is 17.2 Å². The van der Waals surface area contributed by atoms with Gasteiger partial charge in [0.15, 0.2) is 0 Å². The number of nitrogens with one attached hydrogen (secondary N) is 1. The third kappa shape index (κ3) is 3.58. The van der Waals surface area contributed by atoms with Gasteiger partial charge in [-0.1, -0.05) is 43.2 Å². The molecule has 106 valence electrons. The number of hydrogen-bond donors (Lipinski definition) is 2. The van der Waals surface area contributed by atoms with Crippen LogP contribution in [0.4, 0.5) is 0 Å². The molecule has 0 spiro atoms. The molecule has 0 bridgehead atoms. The molecular formula is C17H28N2. The fraction of sp³-hybridized carbons (Fsp3) is 0.647. The van der Waals surface area contributed by atoms with Crippen molar-refractivity contribution in [2.45, 2.75) is 59.4 Å². The zero-order valence-corrected chi connectivity index (χ0v) is 12.8. The van der Waals surface area contributed by atoms with Crippen molar-refractivity contribution in [1.29, 1.82) is 0 Å². The number of nitrogens with two attached hydrogens (primary N) is 1. The maximum Gasteiger partial charge on any atom is 0.0488 e. The van der Waals surface area contributed by atoms with E-state index < -0.39 is 0 Å². The number of aryl methyl sites for hydroxylation is 2. The highest BCUT2D eigenvalue weighted by atomic mass is 15.2. The molecule has 0 radical (unpaired) electrons. The SMILES string of the molecule is Cc1cc(C)cc(C(NN)C2CCC(C)(C)CC2)c1. The summed E-state index contributed by atoms with van der Waals surface area (Å²) in [4.78, 5) is 0. The lowest BCUT2D eigenvalue weighted by atomic mass is 9.70. The van der Waals surface area contributed by atoms with Crippen LogP contribution in [0.5, 0.6) is 0 Å². The molecule has 1 saturated carbocycles. The first kappa shape index (κ1) is 14.5. The normalized spacial score (nSPS) is 21.3. The van der Waals surface area contributed by atoms with E-state index in [1.54, 1.807) is 0 Å². The van der Waals surface area contributed by atoms with Gasteiger partial charge in [-0.2, -0.15) is 0 Å². The van der Waals surface area contributed by atoms with Crippen LogP contribution in [-0.4, -0.2) is 0 Å². The summed E-state index contributed by atoms with van der Waals surface area (Å²) < 4.78 is 0. The summed E-state index contributed by atoms with van der Waals surface area (Å²) in [5.41, 5.74) is 7.58. The number of hydrazine groups is 1. The monoisotopic (exact) mass is 260 g/mol. The summed E-state index contributed by atoms with van der Waals surface area (Å²) in [6.45, 7) is 9.08. The van der Waals surface area contributed by atoms with E-state index in [1.165, 1.54) is 42.4 Å². The zero-order valence-electron chi connectivity index (χ0n) is 12.8. The Hall–Kier alpha value is -0.860. The Kier molecular flexibility index (Phi) is 4.32. The van der Waals surface area contributed by atoms with Gasteiger partial charge in [0, 0.05) is 6.04 Å². The summed E-state index contributed by atoms with van der Waals surface area (Å²) >= 11 is 0. The molecule has 0 aromatic heterocycles. The van der Waals surface area contributed by atoms with Gasteiger partial charge in [-0.05, 0) is 56.4 Å². The van der Waals surface area contributed by atoms with Gasteiger partial charge < -0.3 is 0 Å². The van der Waals surface area contributed by atoms with Crippen LogP contribution in [0.1, 0.15) is 62.3 Å². The molecular weight excluding hydrogens is 232 g/mol. The van der Waals surface area contributed by atoms with E-state index in [0.29, 0.717) is 17.4 Å². The van der Waals surface area contributed by atoms with Crippen molar-refractivity contribution in [3.63, 3.8) is 0 Å². The lowest BCUT2D eigenvalue weighted by Gasteiger charge is -2.38. The zero-order chi connectivity index (χ0) is 14.0. The van der Waals surface area contributed by atoms with Crippen molar-refractivity contribution in [1.82, 2.24) is 5.43 Å². The van der Waals surface area contributed by atoms with Crippen molar-refractivity contribution in [2.75, 3.05) is 0 Å². The van der Waals surface area contributed by atoms with E-state index >= 15 is 0 Å². The van der Waals surface area contributed by atoms with Crippen LogP contribution >= 0.6 is 0 Å². The molecule has 2 heteroatoms. The molecule has 0 aliphatic heterocycles. The van der Waals surface area contributed by atoms with E-state index in [1.807, 2.05) is 0 Å². The molecule has 2 rings (SSSR count). The minimum Gasteiger partial charge on any atom is -0.271 e. The summed E-state index contributed by atoms with van der Waals surface area (Å²) in [7, 11) is 0. The highest BCUT2D eigenvalue weighted by Gasteiger charge is 2.31. The predicted octanol–water partition coefficient (Wildman–Crippen LogP) is 4.02. The van der Waals surface area contributed by atoms with Gasteiger partial charge in [-0.25, -0.2) is 0 Å². The molecule has 0 saturated heterocycles. The van der Waals surface area contributed by atoms with E-state index in [-0.39, 0.29) is 0 Å². The van der Waals surface area contributed by atoms with Crippen LogP contribution in [0, 0.1) is 25.2 Å². The number of benzene rings is 1. The van der Waals surface area contributed by atoms with Crippen molar-refractivity contribution in [3.8, 4) is 0 Å². The Bertz CT molecular complexity index is 407. The molecule has 1 aliphatic rings. The average molecular weight is 260 g/mol. The quantitative estimate of drug-likeness (QED) is 0.636. The summed E-state index contributed by atoms with van der Waals surface area (Å²) in [6.07, 6.45) is 5.16. The molecule has 1 unspecified atom stereocenters. The molecule has 1 aliphatic carbocycles. The molecule has 1 aromatic carbocycles. The van der Waals surface area contributed by atoms with Crippen molar-refractivity contribution in [3.05, 3.63) is 34.9 Å². The third-order valence-corrected chi connectivity index (χ3v) is 4.64. The molecule has 1 fully saturated rings. The molecule has 1 atom stereocenters. The summed E-state index contributed by atoms with van der Waals surface area (Å²) in [6, 6.07) is 7.07. The largest absolute Gasteiger partial charge is 0.271 e. The van der Waals surface area contributed by atoms with Crippen LogP contribution in [0.25, 0.3) is 0 Å². The fourth-order valence-corrected chi connectivity index (χ4v) is 3.45. The highest BCUT2D eigenvalue weighted by molar-refractivity contribution is 5.31.